The van der Waals surface area contributed by atoms with Gasteiger partial charge in [0.15, 0.2) is 0 Å². The van der Waals surface area contributed by atoms with Crippen LogP contribution in [0.3, 0.4) is 0 Å². The van der Waals surface area contributed by atoms with Gasteiger partial charge in [0, 0.05) is 45.2 Å². The number of hydrogen-bond donors (Lipinski definition) is 0. The maximum absolute atomic E-state index is 14.0. The van der Waals surface area contributed by atoms with Crippen molar-refractivity contribution in [3.05, 3.63) is 16.4 Å². The molecule has 2 aliphatic rings. The van der Waals surface area contributed by atoms with Gasteiger partial charge in [0.25, 0.3) is 0 Å². The first kappa shape index (κ1) is 16.7. The summed E-state index contributed by atoms with van der Waals surface area (Å²) in [5, 5.41) is 4.83. The van der Waals surface area contributed by atoms with Gasteiger partial charge in [0.1, 0.15) is 11.3 Å². The summed E-state index contributed by atoms with van der Waals surface area (Å²) >= 11 is 6.27. The largest absolute Gasteiger partial charge is 0.378 e. The van der Waals surface area contributed by atoms with Gasteiger partial charge >= 0.3 is 0 Å². The van der Waals surface area contributed by atoms with Crippen molar-refractivity contribution in [3.8, 4) is 0 Å². The second-order valence-corrected chi connectivity index (χ2v) is 6.55. The molecule has 2 aliphatic heterocycles. The molecule has 0 bridgehead atoms. The first-order valence-corrected chi connectivity index (χ1v) is 8.27. The van der Waals surface area contributed by atoms with Crippen molar-refractivity contribution >= 4 is 17.5 Å². The molecule has 0 spiro atoms. The van der Waals surface area contributed by atoms with Gasteiger partial charge < -0.3 is 9.64 Å². The van der Waals surface area contributed by atoms with Gasteiger partial charge in [-0.1, -0.05) is 11.6 Å². The number of ether oxygens (including phenoxy) is 1. The van der Waals surface area contributed by atoms with Crippen LogP contribution in [-0.2, 0) is 23.1 Å². The Bertz CT molecular complexity index is 588. The van der Waals surface area contributed by atoms with Crippen LogP contribution in [0.5, 0.6) is 0 Å². The number of hydrogen-bond acceptors (Lipinski definition) is 4. The average Bonchev–Trinajstić information content (AvgIpc) is 3.02. The van der Waals surface area contributed by atoms with E-state index >= 15 is 0 Å². The second kappa shape index (κ2) is 6.75. The van der Waals surface area contributed by atoms with E-state index in [0.29, 0.717) is 38.0 Å². The number of nitrogens with zero attached hydrogens (tertiary/aromatic N) is 4. The lowest BCUT2D eigenvalue weighted by Crippen LogP contribution is -2.49. The Hall–Kier alpha value is -1.18. The van der Waals surface area contributed by atoms with Crippen LogP contribution in [0.25, 0.3) is 0 Å². The first-order chi connectivity index (χ1) is 11.0. The molecular weight excluding hydrogens is 323 g/mol. The van der Waals surface area contributed by atoms with Gasteiger partial charge in [-0.05, 0) is 6.92 Å². The number of amides is 1. The maximum atomic E-state index is 14.0. The predicted octanol–water partition coefficient (Wildman–Crippen LogP) is 1.15. The smallest absolute Gasteiger partial charge is 0.240 e. The molecule has 2 fully saturated rings. The number of morpholine rings is 1. The molecule has 0 unspecified atom stereocenters. The summed E-state index contributed by atoms with van der Waals surface area (Å²) in [6.07, 6.45) is -0.742. The van der Waals surface area contributed by atoms with Gasteiger partial charge in [0.2, 0.25) is 5.91 Å². The van der Waals surface area contributed by atoms with Crippen LogP contribution < -0.4 is 0 Å². The summed E-state index contributed by atoms with van der Waals surface area (Å²) in [7, 11) is 1.77. The summed E-state index contributed by atoms with van der Waals surface area (Å²) in [6.45, 7) is 4.82. The monoisotopic (exact) mass is 344 g/mol. The minimum Gasteiger partial charge on any atom is -0.378 e. The van der Waals surface area contributed by atoms with E-state index in [1.807, 2.05) is 11.8 Å². The zero-order valence-electron chi connectivity index (χ0n) is 13.5. The highest BCUT2D eigenvalue weighted by molar-refractivity contribution is 6.30. The molecule has 0 N–H and O–H groups in total. The number of aryl methyl sites for hydroxylation is 2. The van der Waals surface area contributed by atoms with Crippen LogP contribution in [-0.4, -0.2) is 70.5 Å². The number of aromatic nitrogens is 2. The van der Waals surface area contributed by atoms with E-state index in [9.17, 15) is 9.18 Å². The molecule has 1 aromatic heterocycles. The molecule has 0 aromatic carbocycles. The molecule has 8 heteroatoms. The fourth-order valence-electron chi connectivity index (χ4n) is 3.33. The summed E-state index contributed by atoms with van der Waals surface area (Å²) in [5.74, 6) is -0.00823. The Balaban J connectivity index is 1.75. The fraction of sp³-hybridized carbons (Fsp3) is 0.733. The van der Waals surface area contributed by atoms with Crippen molar-refractivity contribution in [2.45, 2.75) is 32.1 Å². The molecule has 128 valence electrons. The first-order valence-electron chi connectivity index (χ1n) is 7.90. The number of carbonyl (C=O) groups is 1. The van der Waals surface area contributed by atoms with E-state index in [-0.39, 0.29) is 18.9 Å². The van der Waals surface area contributed by atoms with Crippen molar-refractivity contribution in [3.63, 3.8) is 0 Å². The summed E-state index contributed by atoms with van der Waals surface area (Å²) in [4.78, 5) is 16.4. The Morgan fingerprint density at radius 3 is 2.74 bits per heavy atom. The lowest BCUT2D eigenvalue weighted by Gasteiger charge is -2.32. The van der Waals surface area contributed by atoms with Gasteiger partial charge in [-0.25, -0.2) is 4.39 Å². The average molecular weight is 345 g/mol. The fourth-order valence-corrected chi connectivity index (χ4v) is 3.56. The lowest BCUT2D eigenvalue weighted by molar-refractivity contribution is -0.140. The van der Waals surface area contributed by atoms with Gasteiger partial charge in [-0.3, -0.25) is 14.4 Å². The molecule has 3 rings (SSSR count). The molecular formula is C15H22ClFN4O2. The molecule has 0 radical (unpaired) electrons. The maximum Gasteiger partial charge on any atom is 0.240 e. The normalized spacial score (nSPS) is 26.0. The Morgan fingerprint density at radius 2 is 2.13 bits per heavy atom. The Labute approximate surface area is 140 Å². The molecule has 1 amide bonds. The minimum absolute atomic E-state index is 0.00823. The van der Waals surface area contributed by atoms with Crippen molar-refractivity contribution < 1.29 is 13.9 Å². The summed E-state index contributed by atoms with van der Waals surface area (Å²) in [6, 6.07) is -0.432. The van der Waals surface area contributed by atoms with E-state index in [1.54, 1.807) is 16.6 Å². The molecule has 6 nitrogen and oxygen atoms in total. The van der Waals surface area contributed by atoms with Gasteiger partial charge in [-0.15, -0.1) is 0 Å². The van der Waals surface area contributed by atoms with E-state index in [0.717, 1.165) is 11.3 Å². The number of halogens is 2. The summed E-state index contributed by atoms with van der Waals surface area (Å²) in [5.41, 5.74) is 1.68. The van der Waals surface area contributed by atoms with Crippen molar-refractivity contribution in [1.82, 2.24) is 19.6 Å². The minimum atomic E-state index is -0.985. The highest BCUT2D eigenvalue weighted by Crippen LogP contribution is 2.28. The number of alkyl halides is 1. The van der Waals surface area contributed by atoms with Gasteiger partial charge in [0.05, 0.1) is 24.9 Å². The van der Waals surface area contributed by atoms with Crippen molar-refractivity contribution in [2.24, 2.45) is 7.05 Å². The Morgan fingerprint density at radius 1 is 1.43 bits per heavy atom. The van der Waals surface area contributed by atoms with Crippen LogP contribution in [0.15, 0.2) is 0 Å². The number of rotatable bonds is 3. The van der Waals surface area contributed by atoms with E-state index in [1.165, 1.54) is 0 Å². The summed E-state index contributed by atoms with van der Waals surface area (Å²) < 4.78 is 20.9. The Kier molecular flexibility index (Phi) is 4.89. The highest BCUT2D eigenvalue weighted by Gasteiger charge is 2.39. The van der Waals surface area contributed by atoms with E-state index < -0.39 is 12.2 Å². The topological polar surface area (TPSA) is 50.6 Å². The zero-order chi connectivity index (χ0) is 16.6. The molecule has 1 aromatic rings. The number of carbonyl (C=O) groups excluding carboxylic acids is 1. The molecule has 2 saturated heterocycles. The molecule has 23 heavy (non-hydrogen) atoms. The third-order valence-corrected chi connectivity index (χ3v) is 5.06. The van der Waals surface area contributed by atoms with E-state index in [2.05, 4.69) is 5.10 Å². The molecule has 0 aliphatic carbocycles. The van der Waals surface area contributed by atoms with E-state index in [4.69, 9.17) is 16.3 Å². The standard InChI is InChI=1S/C15H22ClFN4O2/c1-10-12(14(16)19(2)18-10)9-21-8-11(17)7-13(21)15(22)20-3-5-23-6-4-20/h11,13H,3-9H2,1-2H3/t11-,13+/m1/s1. The quantitative estimate of drug-likeness (QED) is 0.825. The molecule has 3 heterocycles. The van der Waals surface area contributed by atoms with Crippen LogP contribution in [0.1, 0.15) is 17.7 Å². The second-order valence-electron chi connectivity index (χ2n) is 6.19. The van der Waals surface area contributed by atoms with Crippen LogP contribution in [0.2, 0.25) is 5.15 Å². The third-order valence-electron chi connectivity index (χ3n) is 4.59. The third kappa shape index (κ3) is 3.36. The van der Waals surface area contributed by atoms with Crippen LogP contribution >= 0.6 is 11.6 Å². The van der Waals surface area contributed by atoms with Crippen LogP contribution in [0, 0.1) is 6.92 Å². The van der Waals surface area contributed by atoms with Crippen LogP contribution in [0.4, 0.5) is 4.39 Å². The van der Waals surface area contributed by atoms with Crippen molar-refractivity contribution in [2.75, 3.05) is 32.8 Å². The predicted molar refractivity (Wildman–Crippen MR) is 84.1 cm³/mol. The number of likely N-dealkylation sites (tertiary alicyclic amines) is 1. The van der Waals surface area contributed by atoms with Gasteiger partial charge in [-0.2, -0.15) is 5.10 Å². The lowest BCUT2D eigenvalue weighted by atomic mass is 10.1. The SMILES string of the molecule is Cc1nn(C)c(Cl)c1CN1C[C@H](F)C[C@H]1C(=O)N1CCOCC1. The highest BCUT2D eigenvalue weighted by atomic mass is 35.5. The van der Waals surface area contributed by atoms with Crippen molar-refractivity contribution in [1.29, 1.82) is 0 Å². The molecule has 2 atom stereocenters. The zero-order valence-corrected chi connectivity index (χ0v) is 14.2. The molecule has 0 saturated carbocycles.